The van der Waals surface area contributed by atoms with Gasteiger partial charge in [-0.1, -0.05) is 47.6 Å². The number of hydrogen-bond donors (Lipinski definition) is 0. The van der Waals surface area contributed by atoms with Gasteiger partial charge in [-0.3, -0.25) is 28.7 Å². The van der Waals surface area contributed by atoms with Crippen molar-refractivity contribution in [3.63, 3.8) is 0 Å². The summed E-state index contributed by atoms with van der Waals surface area (Å²) in [5.41, 5.74) is 6.61. The van der Waals surface area contributed by atoms with Crippen LogP contribution in [-0.4, -0.2) is 78.9 Å². The third-order valence-corrected chi connectivity index (χ3v) is 22.2. The zero-order valence-corrected chi connectivity index (χ0v) is 44.9. The molecule has 0 bridgehead atoms. The first-order valence-corrected chi connectivity index (χ1v) is 29.9. The fourth-order valence-corrected chi connectivity index (χ4v) is 8.94. The van der Waals surface area contributed by atoms with Crippen LogP contribution in [-0.2, 0) is 15.3 Å². The summed E-state index contributed by atoms with van der Waals surface area (Å²) >= 11 is 0. The number of hydrogen-bond acceptors (Lipinski definition) is 12. The SMILES string of the molecule is CC(C)(C)[Si](C)(C)OC/C=C/c1cn(-c2ccc(-c3ncccn3)cc2)c(=O)c(-c2ccncc2)n1.CC(C)(C)[Si](C)(C)OCCCc1cn(-c2ccc(-c3ncccn3)cc2)c(=O)c(-c2ccncc2)n1. The van der Waals surface area contributed by atoms with E-state index in [-0.39, 0.29) is 21.2 Å². The van der Waals surface area contributed by atoms with Gasteiger partial charge in [-0.15, -0.1) is 0 Å². The number of nitrogens with zero attached hydrogens (tertiary/aromatic N) is 10. The fourth-order valence-electron chi connectivity index (χ4n) is 6.91. The zero-order valence-electron chi connectivity index (χ0n) is 42.9. The molecular formula is C56H64N10O4Si2. The molecule has 0 spiro atoms. The maximum absolute atomic E-state index is 13.5. The van der Waals surface area contributed by atoms with E-state index in [1.807, 2.05) is 79.0 Å². The topological polar surface area (TPSA) is 166 Å². The van der Waals surface area contributed by atoms with Gasteiger partial charge in [0.15, 0.2) is 28.3 Å². The monoisotopic (exact) mass is 996 g/mol. The van der Waals surface area contributed by atoms with E-state index in [1.165, 1.54) is 0 Å². The highest BCUT2D eigenvalue weighted by molar-refractivity contribution is 6.74. The minimum absolute atomic E-state index is 0.137. The van der Waals surface area contributed by atoms with Crippen molar-refractivity contribution < 1.29 is 8.85 Å². The van der Waals surface area contributed by atoms with Crippen LogP contribution >= 0.6 is 0 Å². The molecule has 0 aliphatic rings. The summed E-state index contributed by atoms with van der Waals surface area (Å²) in [5, 5.41) is 0.307. The molecule has 8 rings (SSSR count). The average molecular weight is 997 g/mol. The third-order valence-electron chi connectivity index (χ3n) is 13.2. The first kappa shape index (κ1) is 52.6. The number of rotatable bonds is 15. The van der Waals surface area contributed by atoms with Crippen LogP contribution in [0.1, 0.15) is 59.4 Å². The molecule has 0 amide bonds. The quantitative estimate of drug-likeness (QED) is 0.0706. The highest BCUT2D eigenvalue weighted by atomic mass is 28.4. The minimum Gasteiger partial charge on any atom is -0.417 e. The normalized spacial score (nSPS) is 12.1. The van der Waals surface area contributed by atoms with E-state index in [0.717, 1.165) is 40.2 Å². The lowest BCUT2D eigenvalue weighted by molar-refractivity contribution is 0.282. The molecule has 8 aromatic rings. The molecule has 2 aromatic carbocycles. The zero-order chi connectivity index (χ0) is 51.5. The molecule has 0 N–H and O–H groups in total. The number of benzene rings is 2. The van der Waals surface area contributed by atoms with Crippen molar-refractivity contribution in [2.45, 2.75) is 90.6 Å². The van der Waals surface area contributed by atoms with Crippen LogP contribution in [0.25, 0.3) is 62.7 Å². The second kappa shape index (κ2) is 22.9. The van der Waals surface area contributed by atoms with Crippen molar-refractivity contribution in [1.82, 2.24) is 49.0 Å². The standard InChI is InChI=1S/C28H33N5O2Si.C28H31N5O2Si/c2*1-28(2,3)36(4,5)35-19-6-8-23-20-33(27(34)25(32-23)21-13-17-29-18-14-21)24-11-9-22(10-12-24)26-30-15-7-16-31-26/h7,9-18,20H,6,8,19H2,1-5H3;6-18,20H,19H2,1-5H3/b;8-6+. The van der Waals surface area contributed by atoms with Crippen LogP contribution in [0.4, 0.5) is 0 Å². The Morgan fingerprint density at radius 1 is 0.528 bits per heavy atom. The van der Waals surface area contributed by atoms with Crippen LogP contribution in [0.3, 0.4) is 0 Å². The molecule has 6 heterocycles. The molecule has 0 saturated heterocycles. The van der Waals surface area contributed by atoms with Gasteiger partial charge in [0.25, 0.3) is 11.1 Å². The van der Waals surface area contributed by atoms with Gasteiger partial charge < -0.3 is 8.85 Å². The second-order valence-electron chi connectivity index (χ2n) is 20.3. The van der Waals surface area contributed by atoms with Crippen LogP contribution in [0.5, 0.6) is 0 Å². The maximum atomic E-state index is 13.5. The summed E-state index contributed by atoms with van der Waals surface area (Å²) in [6, 6.07) is 26.0. The summed E-state index contributed by atoms with van der Waals surface area (Å²) in [6.45, 7) is 23.5. The van der Waals surface area contributed by atoms with E-state index in [9.17, 15) is 9.59 Å². The average Bonchev–Trinajstić information content (AvgIpc) is 3.38. The molecule has 0 radical (unpaired) electrons. The Bertz CT molecular complexity index is 3180. The van der Waals surface area contributed by atoms with E-state index in [2.05, 4.69) is 103 Å². The van der Waals surface area contributed by atoms with Gasteiger partial charge in [0.2, 0.25) is 0 Å². The minimum atomic E-state index is -1.86. The molecule has 0 atom stereocenters. The van der Waals surface area contributed by atoms with Crippen molar-refractivity contribution in [1.29, 1.82) is 0 Å². The van der Waals surface area contributed by atoms with Crippen molar-refractivity contribution >= 4 is 22.7 Å². The first-order chi connectivity index (χ1) is 34.3. The second-order valence-corrected chi connectivity index (χ2v) is 30.0. The Morgan fingerprint density at radius 3 is 1.42 bits per heavy atom. The smallest absolute Gasteiger partial charge is 0.281 e. The Morgan fingerprint density at radius 2 is 0.958 bits per heavy atom. The Hall–Kier alpha value is -7.25. The van der Waals surface area contributed by atoms with E-state index < -0.39 is 16.6 Å². The fraction of sp³-hybridized carbons (Fsp3) is 0.286. The van der Waals surface area contributed by atoms with Crippen LogP contribution in [0, 0.1) is 0 Å². The summed E-state index contributed by atoms with van der Waals surface area (Å²) < 4.78 is 15.9. The number of aryl methyl sites for hydroxylation is 1. The molecule has 0 saturated carbocycles. The van der Waals surface area contributed by atoms with Crippen LogP contribution < -0.4 is 11.1 Å². The van der Waals surface area contributed by atoms with E-state index in [4.69, 9.17) is 13.8 Å². The van der Waals surface area contributed by atoms with Gasteiger partial charge >= 0.3 is 0 Å². The van der Waals surface area contributed by atoms with Gasteiger partial charge in [0, 0.05) is 102 Å². The van der Waals surface area contributed by atoms with Gasteiger partial charge in [0.1, 0.15) is 11.4 Å². The maximum Gasteiger partial charge on any atom is 0.281 e. The first-order valence-electron chi connectivity index (χ1n) is 24.1. The van der Waals surface area contributed by atoms with Crippen LogP contribution in [0.2, 0.25) is 36.3 Å². The predicted octanol–water partition coefficient (Wildman–Crippen LogP) is 11.5. The summed E-state index contributed by atoms with van der Waals surface area (Å²) in [7, 11) is -3.66. The van der Waals surface area contributed by atoms with E-state index >= 15 is 0 Å². The molecule has 0 aliphatic heterocycles. The lowest BCUT2D eigenvalue weighted by atomic mass is 10.1. The van der Waals surface area contributed by atoms with Crippen molar-refractivity contribution in [3.8, 4) is 56.7 Å². The van der Waals surface area contributed by atoms with Crippen molar-refractivity contribution in [2.24, 2.45) is 0 Å². The predicted molar refractivity (Wildman–Crippen MR) is 292 cm³/mol. The third kappa shape index (κ3) is 13.2. The molecule has 14 nitrogen and oxygen atoms in total. The molecular weight excluding hydrogens is 933 g/mol. The van der Waals surface area contributed by atoms with E-state index in [1.54, 1.807) is 89.2 Å². The lowest BCUT2D eigenvalue weighted by Crippen LogP contribution is -2.41. The number of aromatic nitrogens is 10. The summed E-state index contributed by atoms with van der Waals surface area (Å²) in [6.07, 6.45) is 22.5. The Labute approximate surface area is 424 Å². The molecule has 0 fully saturated rings. The highest BCUT2D eigenvalue weighted by Gasteiger charge is 2.37. The Balaban J connectivity index is 0.000000211. The van der Waals surface area contributed by atoms with E-state index in [0.29, 0.717) is 53.9 Å². The molecule has 370 valence electrons. The molecule has 0 unspecified atom stereocenters. The molecule has 6 aromatic heterocycles. The van der Waals surface area contributed by atoms with Gasteiger partial charge in [0.05, 0.1) is 18.0 Å². The molecule has 16 heteroatoms. The highest BCUT2D eigenvalue weighted by Crippen LogP contribution is 2.37. The van der Waals surface area contributed by atoms with Crippen LogP contribution in [0.15, 0.2) is 163 Å². The van der Waals surface area contributed by atoms with Gasteiger partial charge in [-0.25, -0.2) is 29.9 Å². The van der Waals surface area contributed by atoms with Gasteiger partial charge in [-0.05, 0) is 140 Å². The van der Waals surface area contributed by atoms with Crippen molar-refractivity contribution in [3.05, 3.63) is 185 Å². The Kier molecular flexibility index (Phi) is 16.7. The lowest BCUT2D eigenvalue weighted by Gasteiger charge is -2.36. The largest absolute Gasteiger partial charge is 0.417 e. The summed E-state index contributed by atoms with van der Waals surface area (Å²) in [5.74, 6) is 1.28. The number of pyridine rings is 2. The molecule has 0 aliphatic carbocycles. The summed E-state index contributed by atoms with van der Waals surface area (Å²) in [4.78, 5) is 61.7. The van der Waals surface area contributed by atoms with Crippen molar-refractivity contribution in [2.75, 3.05) is 13.2 Å². The molecule has 72 heavy (non-hydrogen) atoms. The van der Waals surface area contributed by atoms with Gasteiger partial charge in [-0.2, -0.15) is 0 Å².